The second-order valence-corrected chi connectivity index (χ2v) is 3.93. The van der Waals surface area contributed by atoms with Crippen LogP contribution in [0.3, 0.4) is 0 Å². The third-order valence-corrected chi connectivity index (χ3v) is 3.36. The number of thioether (sulfide) groups is 1. The van der Waals surface area contributed by atoms with E-state index in [2.05, 4.69) is 6.92 Å². The van der Waals surface area contributed by atoms with E-state index in [1.54, 1.807) is 0 Å². The molecule has 1 saturated heterocycles. The average molecular weight is 137 g/mol. The Hall–Kier alpha value is 0.640. The first-order valence-corrected chi connectivity index (χ1v) is 4.05. The van der Waals surface area contributed by atoms with E-state index in [0.717, 1.165) is 0 Å². The Morgan fingerprint density at radius 2 is 2.43 bits per heavy atom. The maximum Gasteiger partial charge on any atom is 0.0459 e. The highest BCUT2D eigenvalue weighted by Crippen LogP contribution is 2.29. The van der Waals surface area contributed by atoms with E-state index >= 15 is 0 Å². The normalized spacial score (nSPS) is 42.0. The highest BCUT2D eigenvalue weighted by molar-refractivity contribution is 8.00. The van der Waals surface area contributed by atoms with Crippen LogP contribution in [0.4, 0.5) is 0 Å². The minimum absolute atomic E-state index is 0.449. The van der Waals surface area contributed by atoms with Gasteiger partial charge < -0.3 is 0 Å². The molecule has 0 aromatic carbocycles. The van der Waals surface area contributed by atoms with Crippen molar-refractivity contribution in [3.63, 3.8) is 0 Å². The summed E-state index contributed by atoms with van der Waals surface area (Å²) in [6, 6.07) is 0. The molecule has 0 aromatic rings. The molecule has 0 spiro atoms. The van der Waals surface area contributed by atoms with Crippen molar-refractivity contribution < 1.29 is 0 Å². The van der Waals surface area contributed by atoms with Crippen molar-refractivity contribution in [2.45, 2.75) is 24.0 Å². The molecule has 1 aliphatic rings. The second kappa shape index (κ2) is 2.27. The van der Waals surface area contributed by atoms with E-state index in [4.69, 9.17) is 11.6 Å². The second-order valence-electron chi connectivity index (χ2n) is 1.88. The standard InChI is InChI=1S/C5H9ClS/c1-4-5(6)2-3-7-4/h4-5H,2-3H2,1H3. The van der Waals surface area contributed by atoms with E-state index in [1.807, 2.05) is 11.8 Å². The number of hydrogen-bond acceptors (Lipinski definition) is 1. The molecule has 1 rings (SSSR count). The highest BCUT2D eigenvalue weighted by Gasteiger charge is 2.20. The summed E-state index contributed by atoms with van der Waals surface area (Å²) in [6.07, 6.45) is 1.20. The molecule has 2 unspecified atom stereocenters. The highest BCUT2D eigenvalue weighted by atomic mass is 35.5. The summed E-state index contributed by atoms with van der Waals surface area (Å²) >= 11 is 7.82. The maximum atomic E-state index is 5.84. The summed E-state index contributed by atoms with van der Waals surface area (Å²) in [5.74, 6) is 1.26. The van der Waals surface area contributed by atoms with E-state index in [-0.39, 0.29) is 0 Å². The van der Waals surface area contributed by atoms with Gasteiger partial charge in [0, 0.05) is 10.6 Å². The van der Waals surface area contributed by atoms with Crippen molar-refractivity contribution in [2.75, 3.05) is 5.75 Å². The summed E-state index contributed by atoms with van der Waals surface area (Å²) in [6.45, 7) is 2.19. The van der Waals surface area contributed by atoms with Crippen LogP contribution in [0.15, 0.2) is 0 Å². The Morgan fingerprint density at radius 3 is 2.57 bits per heavy atom. The Labute approximate surface area is 53.6 Å². The number of halogens is 1. The van der Waals surface area contributed by atoms with Gasteiger partial charge in [0.1, 0.15) is 0 Å². The van der Waals surface area contributed by atoms with Crippen LogP contribution in [0.5, 0.6) is 0 Å². The fourth-order valence-corrected chi connectivity index (χ4v) is 2.27. The lowest BCUT2D eigenvalue weighted by molar-refractivity contribution is 0.848. The summed E-state index contributed by atoms with van der Waals surface area (Å²) in [4.78, 5) is 0. The molecule has 0 amide bonds. The molecule has 0 N–H and O–H groups in total. The van der Waals surface area contributed by atoms with Gasteiger partial charge in [0.25, 0.3) is 0 Å². The lowest BCUT2D eigenvalue weighted by atomic mass is 10.3. The third kappa shape index (κ3) is 1.26. The predicted octanol–water partition coefficient (Wildman–Crippen LogP) is 2.12. The number of rotatable bonds is 0. The summed E-state index contributed by atoms with van der Waals surface area (Å²) in [5, 5.41) is 1.15. The Bertz CT molecular complexity index is 57.1. The largest absolute Gasteiger partial charge is 0.157 e. The zero-order chi connectivity index (χ0) is 5.28. The first kappa shape index (κ1) is 5.77. The molecule has 1 aliphatic heterocycles. The van der Waals surface area contributed by atoms with Gasteiger partial charge in [0.2, 0.25) is 0 Å². The molecule has 7 heavy (non-hydrogen) atoms. The van der Waals surface area contributed by atoms with Crippen molar-refractivity contribution in [1.29, 1.82) is 0 Å². The molecular weight excluding hydrogens is 128 g/mol. The molecule has 0 aromatic heterocycles. The SMILES string of the molecule is CC1SCCC1Cl. The minimum atomic E-state index is 0.449. The van der Waals surface area contributed by atoms with Gasteiger partial charge in [-0.15, -0.1) is 11.6 Å². The summed E-state index contributed by atoms with van der Waals surface area (Å²) in [7, 11) is 0. The van der Waals surface area contributed by atoms with Gasteiger partial charge in [-0.1, -0.05) is 6.92 Å². The molecular formula is C5H9ClS. The van der Waals surface area contributed by atoms with Gasteiger partial charge >= 0.3 is 0 Å². The lowest BCUT2D eigenvalue weighted by Crippen LogP contribution is -2.04. The Morgan fingerprint density at radius 1 is 1.71 bits per heavy atom. The van der Waals surface area contributed by atoms with E-state index < -0.39 is 0 Å². The Balaban J connectivity index is 2.33. The zero-order valence-electron chi connectivity index (χ0n) is 4.36. The van der Waals surface area contributed by atoms with Gasteiger partial charge in [0.15, 0.2) is 0 Å². The first-order chi connectivity index (χ1) is 3.30. The number of alkyl halides is 1. The van der Waals surface area contributed by atoms with Crippen LogP contribution in [-0.2, 0) is 0 Å². The van der Waals surface area contributed by atoms with Crippen LogP contribution >= 0.6 is 23.4 Å². The molecule has 1 fully saturated rings. The third-order valence-electron chi connectivity index (χ3n) is 1.28. The monoisotopic (exact) mass is 136 g/mol. The van der Waals surface area contributed by atoms with E-state index in [0.29, 0.717) is 10.6 Å². The van der Waals surface area contributed by atoms with Crippen molar-refractivity contribution in [2.24, 2.45) is 0 Å². The molecule has 42 valence electrons. The molecule has 0 radical (unpaired) electrons. The first-order valence-electron chi connectivity index (χ1n) is 2.56. The van der Waals surface area contributed by atoms with Gasteiger partial charge in [-0.25, -0.2) is 0 Å². The topological polar surface area (TPSA) is 0 Å². The molecule has 0 saturated carbocycles. The molecule has 0 bridgehead atoms. The molecule has 2 atom stereocenters. The van der Waals surface area contributed by atoms with E-state index in [1.165, 1.54) is 12.2 Å². The van der Waals surface area contributed by atoms with Gasteiger partial charge in [-0.2, -0.15) is 11.8 Å². The fraction of sp³-hybridized carbons (Fsp3) is 1.00. The average Bonchev–Trinajstić information content (AvgIpc) is 1.91. The maximum absolute atomic E-state index is 5.84. The zero-order valence-corrected chi connectivity index (χ0v) is 5.93. The van der Waals surface area contributed by atoms with Gasteiger partial charge in [-0.3, -0.25) is 0 Å². The molecule has 0 aliphatic carbocycles. The Kier molecular flexibility index (Phi) is 1.87. The van der Waals surface area contributed by atoms with Crippen LogP contribution < -0.4 is 0 Å². The van der Waals surface area contributed by atoms with Crippen LogP contribution in [0.1, 0.15) is 13.3 Å². The van der Waals surface area contributed by atoms with Crippen LogP contribution in [0, 0.1) is 0 Å². The van der Waals surface area contributed by atoms with Crippen molar-refractivity contribution in [3.05, 3.63) is 0 Å². The van der Waals surface area contributed by atoms with Crippen molar-refractivity contribution in [1.82, 2.24) is 0 Å². The van der Waals surface area contributed by atoms with Gasteiger partial charge in [-0.05, 0) is 12.2 Å². The molecule has 0 nitrogen and oxygen atoms in total. The predicted molar refractivity (Wildman–Crippen MR) is 36.2 cm³/mol. The minimum Gasteiger partial charge on any atom is -0.157 e. The van der Waals surface area contributed by atoms with Crippen LogP contribution in [0.25, 0.3) is 0 Å². The van der Waals surface area contributed by atoms with Crippen LogP contribution in [0.2, 0.25) is 0 Å². The van der Waals surface area contributed by atoms with Crippen LogP contribution in [-0.4, -0.2) is 16.4 Å². The number of hydrogen-bond donors (Lipinski definition) is 0. The fourth-order valence-electron chi connectivity index (χ4n) is 0.706. The smallest absolute Gasteiger partial charge is 0.0459 e. The summed E-state index contributed by atoms with van der Waals surface area (Å²) in [5.41, 5.74) is 0. The molecule has 1 heterocycles. The van der Waals surface area contributed by atoms with Crippen molar-refractivity contribution >= 4 is 23.4 Å². The van der Waals surface area contributed by atoms with Crippen molar-refractivity contribution in [3.8, 4) is 0 Å². The quantitative estimate of drug-likeness (QED) is 0.460. The lowest BCUT2D eigenvalue weighted by Gasteiger charge is -2.01. The summed E-state index contributed by atoms with van der Waals surface area (Å²) < 4.78 is 0. The molecule has 2 heteroatoms. The van der Waals surface area contributed by atoms with Gasteiger partial charge in [0.05, 0.1) is 0 Å². The van der Waals surface area contributed by atoms with E-state index in [9.17, 15) is 0 Å².